The third kappa shape index (κ3) is 0.864. The molecule has 2 saturated heterocycles. The van der Waals surface area contributed by atoms with Gasteiger partial charge in [-0.15, -0.1) is 12.4 Å². The molecule has 0 aromatic rings. The number of nitrogens with one attached hydrogen (secondary N) is 1. The van der Waals surface area contributed by atoms with E-state index in [1.165, 1.54) is 0 Å². The fraction of sp³-hybridized carbons (Fsp3) is 0.833. The predicted octanol–water partition coefficient (Wildman–Crippen LogP) is 0.217. The van der Waals surface area contributed by atoms with E-state index in [4.69, 9.17) is 0 Å². The van der Waals surface area contributed by atoms with Crippen LogP contribution in [0.25, 0.3) is 0 Å². The van der Waals surface area contributed by atoms with Crippen LogP contribution in [0, 0.1) is 11.8 Å². The number of rotatable bonds is 0. The van der Waals surface area contributed by atoms with Gasteiger partial charge in [0.15, 0.2) is 0 Å². The number of carbonyl (C=O) groups is 1. The number of hydrogen-bond acceptors (Lipinski definition) is 2. The topological polar surface area (TPSA) is 29.1 Å². The van der Waals surface area contributed by atoms with E-state index in [-0.39, 0.29) is 12.4 Å². The lowest BCUT2D eigenvalue weighted by Crippen LogP contribution is -2.53. The first kappa shape index (κ1) is 7.03. The van der Waals surface area contributed by atoms with Crippen LogP contribution in [-0.4, -0.2) is 18.9 Å². The molecule has 2 atom stereocenters. The average molecular weight is 148 g/mol. The number of piperidine rings is 2. The third-order valence-electron chi connectivity index (χ3n) is 2.16. The molecule has 0 aromatic heterocycles. The van der Waals surface area contributed by atoms with E-state index in [1.54, 1.807) is 0 Å². The summed E-state index contributed by atoms with van der Waals surface area (Å²) in [7, 11) is 0. The molecular formula is C6H10ClNO. The van der Waals surface area contributed by atoms with E-state index in [0.29, 0.717) is 17.6 Å². The highest BCUT2D eigenvalue weighted by Crippen LogP contribution is 2.31. The van der Waals surface area contributed by atoms with E-state index in [1.807, 2.05) is 0 Å². The van der Waals surface area contributed by atoms with E-state index in [0.717, 1.165) is 19.5 Å². The molecule has 3 rings (SSSR count). The summed E-state index contributed by atoms with van der Waals surface area (Å²) < 4.78 is 0. The van der Waals surface area contributed by atoms with Gasteiger partial charge in [-0.25, -0.2) is 0 Å². The van der Waals surface area contributed by atoms with Crippen LogP contribution in [0.1, 0.15) is 6.42 Å². The number of hydrogen-bond donors (Lipinski definition) is 1. The minimum atomic E-state index is 0. The standard InChI is InChI=1S/C6H9NO.ClH/c8-6-4-1-5(6)3-7-2-4;/h4-5,7H,1-3H2;1H. The zero-order valence-corrected chi connectivity index (χ0v) is 5.91. The van der Waals surface area contributed by atoms with Crippen molar-refractivity contribution in [2.45, 2.75) is 6.42 Å². The minimum absolute atomic E-state index is 0. The molecule has 2 bridgehead atoms. The van der Waals surface area contributed by atoms with Crippen LogP contribution in [0.15, 0.2) is 0 Å². The van der Waals surface area contributed by atoms with Gasteiger partial charge in [0.2, 0.25) is 0 Å². The Morgan fingerprint density at radius 1 is 1.33 bits per heavy atom. The summed E-state index contributed by atoms with van der Waals surface area (Å²) in [6.07, 6.45) is 1.16. The van der Waals surface area contributed by atoms with Crippen LogP contribution in [0.3, 0.4) is 0 Å². The SMILES string of the molecule is Cl.O=C1C2CNCC1C2. The first-order chi connectivity index (χ1) is 3.88. The van der Waals surface area contributed by atoms with Crippen LogP contribution < -0.4 is 5.32 Å². The fourth-order valence-electron chi connectivity index (χ4n) is 1.55. The lowest BCUT2D eigenvalue weighted by atomic mass is 9.71. The van der Waals surface area contributed by atoms with Gasteiger partial charge < -0.3 is 5.32 Å². The van der Waals surface area contributed by atoms with Gasteiger partial charge in [-0.3, -0.25) is 4.79 Å². The molecule has 3 heteroatoms. The van der Waals surface area contributed by atoms with Crippen molar-refractivity contribution in [1.29, 1.82) is 0 Å². The number of carbonyl (C=O) groups excluding carboxylic acids is 1. The van der Waals surface area contributed by atoms with Crippen molar-refractivity contribution in [2.75, 3.05) is 13.1 Å². The van der Waals surface area contributed by atoms with Crippen molar-refractivity contribution in [3.05, 3.63) is 0 Å². The molecule has 2 unspecified atom stereocenters. The molecule has 2 aliphatic heterocycles. The second-order valence-corrected chi connectivity index (χ2v) is 2.69. The van der Waals surface area contributed by atoms with Gasteiger partial charge in [0.25, 0.3) is 0 Å². The third-order valence-corrected chi connectivity index (χ3v) is 2.16. The molecule has 0 radical (unpaired) electrons. The number of ketones is 1. The Bertz CT molecular complexity index is 121. The maximum Gasteiger partial charge on any atom is 0.141 e. The van der Waals surface area contributed by atoms with Crippen LogP contribution in [-0.2, 0) is 4.79 Å². The van der Waals surface area contributed by atoms with Gasteiger partial charge in [-0.1, -0.05) is 0 Å². The molecule has 1 aliphatic carbocycles. The molecule has 3 aliphatic rings. The van der Waals surface area contributed by atoms with Crippen LogP contribution in [0.2, 0.25) is 0 Å². The smallest absolute Gasteiger partial charge is 0.141 e. The molecule has 2 heterocycles. The van der Waals surface area contributed by atoms with Crippen molar-refractivity contribution >= 4 is 18.2 Å². The Kier molecular flexibility index (Phi) is 1.78. The number of fused-ring (bicyclic) bond motifs is 2. The normalized spacial score (nSPS) is 38.9. The Labute approximate surface area is 60.4 Å². The molecule has 2 nitrogen and oxygen atoms in total. The summed E-state index contributed by atoms with van der Waals surface area (Å²) in [4.78, 5) is 10.8. The molecule has 1 N–H and O–H groups in total. The Hall–Kier alpha value is -0.0800. The minimum Gasteiger partial charge on any atom is -0.315 e. The fourth-order valence-corrected chi connectivity index (χ4v) is 1.55. The van der Waals surface area contributed by atoms with Gasteiger partial charge >= 0.3 is 0 Å². The molecule has 0 aromatic carbocycles. The Balaban J connectivity index is 0.000000405. The molecule has 0 spiro atoms. The van der Waals surface area contributed by atoms with Crippen molar-refractivity contribution in [3.8, 4) is 0 Å². The van der Waals surface area contributed by atoms with Gasteiger partial charge in [-0.05, 0) is 6.42 Å². The zero-order chi connectivity index (χ0) is 5.56. The van der Waals surface area contributed by atoms with Gasteiger partial charge in [0.1, 0.15) is 5.78 Å². The largest absolute Gasteiger partial charge is 0.315 e. The predicted molar refractivity (Wildman–Crippen MR) is 36.7 cm³/mol. The van der Waals surface area contributed by atoms with Gasteiger partial charge in [0, 0.05) is 24.9 Å². The molecule has 9 heavy (non-hydrogen) atoms. The molecule has 52 valence electrons. The van der Waals surface area contributed by atoms with Crippen LogP contribution >= 0.6 is 12.4 Å². The molecule has 3 fully saturated rings. The summed E-state index contributed by atoms with van der Waals surface area (Å²) in [6.45, 7) is 1.88. The van der Waals surface area contributed by atoms with Crippen molar-refractivity contribution in [1.82, 2.24) is 5.32 Å². The first-order valence-electron chi connectivity index (χ1n) is 3.12. The Morgan fingerprint density at radius 2 is 1.89 bits per heavy atom. The summed E-state index contributed by atoms with van der Waals surface area (Å²) in [5.74, 6) is 1.30. The van der Waals surface area contributed by atoms with E-state index in [2.05, 4.69) is 5.32 Å². The summed E-state index contributed by atoms with van der Waals surface area (Å²) in [5.41, 5.74) is 0. The highest BCUT2D eigenvalue weighted by atomic mass is 35.5. The van der Waals surface area contributed by atoms with E-state index < -0.39 is 0 Å². The average Bonchev–Trinajstić information content (AvgIpc) is 1.89. The quantitative estimate of drug-likeness (QED) is 0.531. The number of Topliss-reactive ketones (excluding diaryl/α,β-unsaturated/α-hetero) is 1. The summed E-state index contributed by atoms with van der Waals surface area (Å²) in [6, 6.07) is 0. The molecular weight excluding hydrogens is 138 g/mol. The second-order valence-electron chi connectivity index (χ2n) is 2.69. The van der Waals surface area contributed by atoms with E-state index in [9.17, 15) is 4.79 Å². The lowest BCUT2D eigenvalue weighted by Gasteiger charge is -2.39. The second kappa shape index (κ2) is 2.27. The Morgan fingerprint density at radius 3 is 2.11 bits per heavy atom. The van der Waals surface area contributed by atoms with Crippen molar-refractivity contribution in [2.24, 2.45) is 11.8 Å². The molecule has 1 saturated carbocycles. The lowest BCUT2D eigenvalue weighted by molar-refractivity contribution is -0.137. The monoisotopic (exact) mass is 147 g/mol. The van der Waals surface area contributed by atoms with Gasteiger partial charge in [0.05, 0.1) is 0 Å². The highest BCUT2D eigenvalue weighted by molar-refractivity contribution is 5.90. The van der Waals surface area contributed by atoms with Crippen molar-refractivity contribution < 1.29 is 4.79 Å². The highest BCUT2D eigenvalue weighted by Gasteiger charge is 2.41. The number of halogens is 1. The maximum atomic E-state index is 10.8. The van der Waals surface area contributed by atoms with E-state index >= 15 is 0 Å². The summed E-state index contributed by atoms with van der Waals surface area (Å²) in [5, 5.41) is 3.19. The van der Waals surface area contributed by atoms with Crippen LogP contribution in [0.4, 0.5) is 0 Å². The maximum absolute atomic E-state index is 10.8. The van der Waals surface area contributed by atoms with Gasteiger partial charge in [-0.2, -0.15) is 0 Å². The molecule has 0 amide bonds. The van der Waals surface area contributed by atoms with Crippen molar-refractivity contribution in [3.63, 3.8) is 0 Å². The first-order valence-corrected chi connectivity index (χ1v) is 3.12. The summed E-state index contributed by atoms with van der Waals surface area (Å²) >= 11 is 0. The van der Waals surface area contributed by atoms with Crippen LogP contribution in [0.5, 0.6) is 0 Å². The zero-order valence-electron chi connectivity index (χ0n) is 5.09.